The van der Waals surface area contributed by atoms with Gasteiger partial charge in [-0.05, 0) is 44.4 Å². The molecule has 122 valence electrons. The molecule has 0 radical (unpaired) electrons. The molecule has 2 N–H and O–H groups in total. The molecule has 1 aliphatic rings. The van der Waals surface area contributed by atoms with E-state index in [1.807, 2.05) is 20.8 Å². The zero-order chi connectivity index (χ0) is 16.2. The average Bonchev–Trinajstić information content (AvgIpc) is 2.34. The van der Waals surface area contributed by atoms with Crippen molar-refractivity contribution in [2.45, 2.75) is 65.6 Å². The summed E-state index contributed by atoms with van der Waals surface area (Å²) in [7, 11) is 0. The molecule has 0 aromatic rings. The lowest BCUT2D eigenvalue weighted by Crippen LogP contribution is -2.57. The molecule has 1 rings (SSSR count). The van der Waals surface area contributed by atoms with Crippen LogP contribution in [-0.4, -0.2) is 35.2 Å². The number of ether oxygens (including phenoxy) is 1. The smallest absolute Gasteiger partial charge is 0.325 e. The standard InChI is InChI=1S/C16H29NO4/c1-10(2)13-7-6-12(5)8-16(13,20)15(19)17-9-14(18)21-11(3)4/h10-13,20H,6-9H2,1-5H3,(H,17,19)/t12-,13+,16+/m1/s1. The van der Waals surface area contributed by atoms with E-state index in [0.29, 0.717) is 12.3 Å². The van der Waals surface area contributed by atoms with Crippen LogP contribution in [0.25, 0.3) is 0 Å². The number of rotatable bonds is 5. The molecule has 1 aliphatic carbocycles. The Labute approximate surface area is 127 Å². The predicted octanol–water partition coefficient (Wildman–Crippen LogP) is 1.88. The Hall–Kier alpha value is -1.10. The largest absolute Gasteiger partial charge is 0.462 e. The third-order valence-electron chi connectivity index (χ3n) is 4.20. The summed E-state index contributed by atoms with van der Waals surface area (Å²) in [4.78, 5) is 23.9. The van der Waals surface area contributed by atoms with E-state index in [9.17, 15) is 14.7 Å². The summed E-state index contributed by atoms with van der Waals surface area (Å²) in [6, 6.07) is 0. The van der Waals surface area contributed by atoms with Crippen LogP contribution in [0.3, 0.4) is 0 Å². The summed E-state index contributed by atoms with van der Waals surface area (Å²) in [6.45, 7) is 9.40. The Morgan fingerprint density at radius 2 is 1.90 bits per heavy atom. The number of esters is 1. The van der Waals surface area contributed by atoms with Crippen molar-refractivity contribution in [2.24, 2.45) is 17.8 Å². The van der Waals surface area contributed by atoms with Crippen molar-refractivity contribution < 1.29 is 19.4 Å². The number of hydrogen-bond donors (Lipinski definition) is 2. The van der Waals surface area contributed by atoms with Crippen molar-refractivity contribution >= 4 is 11.9 Å². The molecule has 1 fully saturated rings. The van der Waals surface area contributed by atoms with Crippen LogP contribution in [0.2, 0.25) is 0 Å². The monoisotopic (exact) mass is 299 g/mol. The zero-order valence-corrected chi connectivity index (χ0v) is 13.8. The SMILES string of the molecule is CC(C)OC(=O)CNC(=O)[C@]1(O)C[C@H](C)CC[C@H]1C(C)C. The summed E-state index contributed by atoms with van der Waals surface area (Å²) in [6.07, 6.45) is 2.09. The van der Waals surface area contributed by atoms with Gasteiger partial charge in [0.05, 0.1) is 6.10 Å². The van der Waals surface area contributed by atoms with E-state index in [-0.39, 0.29) is 24.5 Å². The van der Waals surface area contributed by atoms with Gasteiger partial charge in [-0.2, -0.15) is 0 Å². The van der Waals surface area contributed by atoms with Crippen LogP contribution in [0.1, 0.15) is 53.9 Å². The average molecular weight is 299 g/mol. The van der Waals surface area contributed by atoms with Gasteiger partial charge in [-0.25, -0.2) is 0 Å². The third-order valence-corrected chi connectivity index (χ3v) is 4.20. The number of nitrogens with one attached hydrogen (secondary N) is 1. The van der Waals surface area contributed by atoms with Crippen LogP contribution in [0, 0.1) is 17.8 Å². The first-order valence-electron chi connectivity index (χ1n) is 7.87. The van der Waals surface area contributed by atoms with Crippen LogP contribution in [0.5, 0.6) is 0 Å². The van der Waals surface area contributed by atoms with Gasteiger partial charge in [-0.1, -0.05) is 27.2 Å². The van der Waals surface area contributed by atoms with E-state index >= 15 is 0 Å². The summed E-state index contributed by atoms with van der Waals surface area (Å²) < 4.78 is 4.98. The van der Waals surface area contributed by atoms with Gasteiger partial charge in [0.2, 0.25) is 0 Å². The molecular formula is C16H29NO4. The highest BCUT2D eigenvalue weighted by Gasteiger charge is 2.48. The molecule has 0 saturated heterocycles. The van der Waals surface area contributed by atoms with E-state index < -0.39 is 17.5 Å². The van der Waals surface area contributed by atoms with E-state index in [4.69, 9.17) is 4.74 Å². The molecule has 0 heterocycles. The molecule has 3 atom stereocenters. The maximum atomic E-state index is 12.4. The number of aliphatic hydroxyl groups is 1. The molecule has 1 amide bonds. The van der Waals surface area contributed by atoms with Crippen molar-refractivity contribution in [1.82, 2.24) is 5.32 Å². The van der Waals surface area contributed by atoms with Crippen molar-refractivity contribution in [3.05, 3.63) is 0 Å². The molecular weight excluding hydrogens is 270 g/mol. The molecule has 0 spiro atoms. The normalized spacial score (nSPS) is 29.5. The van der Waals surface area contributed by atoms with Crippen LogP contribution >= 0.6 is 0 Å². The number of carbonyl (C=O) groups excluding carboxylic acids is 2. The van der Waals surface area contributed by atoms with Gasteiger partial charge in [0.1, 0.15) is 12.1 Å². The lowest BCUT2D eigenvalue weighted by Gasteiger charge is -2.43. The van der Waals surface area contributed by atoms with Crippen molar-refractivity contribution in [2.75, 3.05) is 6.54 Å². The number of amides is 1. The molecule has 5 nitrogen and oxygen atoms in total. The maximum Gasteiger partial charge on any atom is 0.325 e. The quantitative estimate of drug-likeness (QED) is 0.760. The van der Waals surface area contributed by atoms with Gasteiger partial charge in [0.25, 0.3) is 5.91 Å². The topological polar surface area (TPSA) is 75.6 Å². The van der Waals surface area contributed by atoms with Crippen LogP contribution in [0.4, 0.5) is 0 Å². The van der Waals surface area contributed by atoms with E-state index in [2.05, 4.69) is 5.32 Å². The minimum atomic E-state index is -1.38. The van der Waals surface area contributed by atoms with Gasteiger partial charge in [-0.3, -0.25) is 9.59 Å². The third kappa shape index (κ3) is 4.70. The highest BCUT2D eigenvalue weighted by Crippen LogP contribution is 2.41. The van der Waals surface area contributed by atoms with Crippen molar-refractivity contribution in [3.63, 3.8) is 0 Å². The van der Waals surface area contributed by atoms with Gasteiger partial charge in [-0.15, -0.1) is 0 Å². The highest BCUT2D eigenvalue weighted by molar-refractivity contribution is 5.88. The molecule has 5 heteroatoms. The second kappa shape index (κ2) is 7.25. The second-order valence-corrected chi connectivity index (χ2v) is 6.88. The van der Waals surface area contributed by atoms with Crippen LogP contribution < -0.4 is 5.32 Å². The molecule has 1 saturated carbocycles. The Bertz CT molecular complexity index is 380. The summed E-state index contributed by atoms with van der Waals surface area (Å²) >= 11 is 0. The van der Waals surface area contributed by atoms with Gasteiger partial charge in [0.15, 0.2) is 0 Å². The van der Waals surface area contributed by atoms with E-state index in [1.165, 1.54) is 0 Å². The van der Waals surface area contributed by atoms with Crippen molar-refractivity contribution in [1.29, 1.82) is 0 Å². The summed E-state index contributed by atoms with van der Waals surface area (Å²) in [5.74, 6) is -0.482. The predicted molar refractivity (Wildman–Crippen MR) is 80.5 cm³/mol. The lowest BCUT2D eigenvalue weighted by atomic mass is 9.66. The molecule has 0 aliphatic heterocycles. The Kier molecular flexibility index (Phi) is 6.20. The Balaban J connectivity index is 2.69. The minimum absolute atomic E-state index is 0.0742. The fraction of sp³-hybridized carbons (Fsp3) is 0.875. The molecule has 0 bridgehead atoms. The van der Waals surface area contributed by atoms with Gasteiger partial charge >= 0.3 is 5.97 Å². The number of carbonyl (C=O) groups is 2. The highest BCUT2D eigenvalue weighted by atomic mass is 16.5. The van der Waals surface area contributed by atoms with E-state index in [1.54, 1.807) is 13.8 Å². The lowest BCUT2D eigenvalue weighted by molar-refractivity contribution is -0.158. The molecule has 0 aromatic heterocycles. The molecule has 0 aromatic carbocycles. The first-order valence-corrected chi connectivity index (χ1v) is 7.87. The zero-order valence-electron chi connectivity index (χ0n) is 13.8. The summed E-state index contributed by atoms with van der Waals surface area (Å²) in [5, 5.41) is 13.4. The van der Waals surface area contributed by atoms with Gasteiger partial charge in [0, 0.05) is 0 Å². The fourth-order valence-corrected chi connectivity index (χ4v) is 3.24. The number of hydrogen-bond acceptors (Lipinski definition) is 4. The second-order valence-electron chi connectivity index (χ2n) is 6.88. The fourth-order valence-electron chi connectivity index (χ4n) is 3.24. The van der Waals surface area contributed by atoms with Crippen LogP contribution in [0.15, 0.2) is 0 Å². The van der Waals surface area contributed by atoms with E-state index in [0.717, 1.165) is 12.8 Å². The van der Waals surface area contributed by atoms with Crippen LogP contribution in [-0.2, 0) is 14.3 Å². The minimum Gasteiger partial charge on any atom is -0.462 e. The Morgan fingerprint density at radius 1 is 1.29 bits per heavy atom. The molecule has 0 unspecified atom stereocenters. The van der Waals surface area contributed by atoms with Crippen molar-refractivity contribution in [3.8, 4) is 0 Å². The first kappa shape index (κ1) is 18.0. The molecule has 21 heavy (non-hydrogen) atoms. The maximum absolute atomic E-state index is 12.4. The van der Waals surface area contributed by atoms with Gasteiger partial charge < -0.3 is 15.2 Å². The first-order chi connectivity index (χ1) is 9.66. The Morgan fingerprint density at radius 3 is 2.43 bits per heavy atom. The summed E-state index contributed by atoms with van der Waals surface area (Å²) in [5.41, 5.74) is -1.38.